The fraction of sp³-hybridized carbons (Fsp3) is 0.636. The molecule has 0 rings (SSSR count). The maximum atomic E-state index is 11.3. The zero-order valence-electron chi connectivity index (χ0n) is 10.9. The molecule has 0 unspecified atom stereocenters. The van der Waals surface area contributed by atoms with Gasteiger partial charge in [-0.1, -0.05) is 6.58 Å². The molecule has 0 saturated heterocycles. The van der Waals surface area contributed by atoms with Crippen molar-refractivity contribution < 1.29 is 23.8 Å². The Kier molecular flexibility index (Phi) is 8.59. The number of esters is 1. The molecule has 0 atom stereocenters. The van der Waals surface area contributed by atoms with Gasteiger partial charge in [-0.15, -0.1) is 0 Å². The van der Waals surface area contributed by atoms with Crippen molar-refractivity contribution in [1.82, 2.24) is 10.6 Å². The number of methoxy groups -OCH3 is 2. The van der Waals surface area contributed by atoms with Crippen molar-refractivity contribution in [3.63, 3.8) is 0 Å². The monoisotopic (exact) mass is 260 g/mol. The number of rotatable bonds is 8. The third-order valence-electron chi connectivity index (χ3n) is 1.92. The maximum absolute atomic E-state index is 11.3. The van der Waals surface area contributed by atoms with E-state index >= 15 is 0 Å². The van der Waals surface area contributed by atoms with Gasteiger partial charge in [-0.25, -0.2) is 9.59 Å². The maximum Gasteiger partial charge on any atom is 0.333 e. The molecule has 0 aliphatic carbocycles. The van der Waals surface area contributed by atoms with Crippen LogP contribution in [0.1, 0.15) is 6.92 Å². The van der Waals surface area contributed by atoms with Crippen LogP contribution in [0.3, 0.4) is 0 Å². The first-order valence-corrected chi connectivity index (χ1v) is 5.41. The fourth-order valence-electron chi connectivity index (χ4n) is 0.933. The Labute approximate surface area is 106 Å². The highest BCUT2D eigenvalue weighted by molar-refractivity contribution is 5.86. The second kappa shape index (κ2) is 9.43. The molecule has 0 bridgehead atoms. The third kappa shape index (κ3) is 7.64. The van der Waals surface area contributed by atoms with E-state index < -0.39 is 12.3 Å². The second-order valence-electron chi connectivity index (χ2n) is 3.45. The zero-order chi connectivity index (χ0) is 14.0. The molecule has 0 aromatic rings. The molecule has 18 heavy (non-hydrogen) atoms. The Bertz CT molecular complexity index is 289. The van der Waals surface area contributed by atoms with Gasteiger partial charge in [0.05, 0.1) is 13.1 Å². The molecular weight excluding hydrogens is 240 g/mol. The molecule has 0 aliphatic rings. The first kappa shape index (κ1) is 16.4. The largest absolute Gasteiger partial charge is 0.460 e. The van der Waals surface area contributed by atoms with Gasteiger partial charge in [0.15, 0.2) is 6.29 Å². The zero-order valence-corrected chi connectivity index (χ0v) is 10.9. The van der Waals surface area contributed by atoms with E-state index in [1.165, 1.54) is 14.2 Å². The van der Waals surface area contributed by atoms with Crippen LogP contribution in [0.25, 0.3) is 0 Å². The summed E-state index contributed by atoms with van der Waals surface area (Å²) in [7, 11) is 2.95. The lowest BCUT2D eigenvalue weighted by Crippen LogP contribution is -2.42. The van der Waals surface area contributed by atoms with Gasteiger partial charge < -0.3 is 24.8 Å². The third-order valence-corrected chi connectivity index (χ3v) is 1.92. The number of carbonyl (C=O) groups excluding carboxylic acids is 2. The summed E-state index contributed by atoms with van der Waals surface area (Å²) in [5, 5.41) is 5.05. The van der Waals surface area contributed by atoms with Gasteiger partial charge in [0.25, 0.3) is 0 Å². The first-order chi connectivity index (χ1) is 8.51. The molecule has 0 heterocycles. The van der Waals surface area contributed by atoms with Crippen LogP contribution in [0.15, 0.2) is 12.2 Å². The molecule has 2 amide bonds. The van der Waals surface area contributed by atoms with Crippen LogP contribution in [-0.4, -0.2) is 52.2 Å². The van der Waals surface area contributed by atoms with Crippen molar-refractivity contribution in [3.8, 4) is 0 Å². The Morgan fingerprint density at radius 2 is 1.83 bits per heavy atom. The summed E-state index contributed by atoms with van der Waals surface area (Å²) in [5.41, 5.74) is 0.322. The van der Waals surface area contributed by atoms with Crippen LogP contribution in [-0.2, 0) is 19.0 Å². The summed E-state index contributed by atoms with van der Waals surface area (Å²) >= 11 is 0. The van der Waals surface area contributed by atoms with Crippen molar-refractivity contribution in [2.45, 2.75) is 13.2 Å². The van der Waals surface area contributed by atoms with E-state index in [1.54, 1.807) is 6.92 Å². The van der Waals surface area contributed by atoms with E-state index in [2.05, 4.69) is 17.2 Å². The number of amides is 2. The van der Waals surface area contributed by atoms with Crippen molar-refractivity contribution in [1.29, 1.82) is 0 Å². The molecule has 104 valence electrons. The lowest BCUT2D eigenvalue weighted by atomic mass is 10.4. The molecule has 0 radical (unpaired) electrons. The normalized spacial score (nSPS) is 10.0. The summed E-state index contributed by atoms with van der Waals surface area (Å²) in [4.78, 5) is 22.3. The molecule has 7 heteroatoms. The molecular formula is C11H20N2O5. The molecule has 2 N–H and O–H groups in total. The summed E-state index contributed by atoms with van der Waals surface area (Å²) in [6, 6.07) is -0.388. The predicted molar refractivity (Wildman–Crippen MR) is 65.0 cm³/mol. The number of ether oxygens (including phenoxy) is 3. The van der Waals surface area contributed by atoms with Gasteiger partial charge in [-0.3, -0.25) is 0 Å². The summed E-state index contributed by atoms with van der Waals surface area (Å²) < 4.78 is 14.6. The van der Waals surface area contributed by atoms with Crippen molar-refractivity contribution in [2.75, 3.05) is 33.9 Å². The number of urea groups is 1. The van der Waals surface area contributed by atoms with Crippen LogP contribution in [0, 0.1) is 0 Å². The van der Waals surface area contributed by atoms with Gasteiger partial charge in [-0.2, -0.15) is 0 Å². The quantitative estimate of drug-likeness (QED) is 0.278. The van der Waals surface area contributed by atoms with Gasteiger partial charge >= 0.3 is 12.0 Å². The summed E-state index contributed by atoms with van der Waals surface area (Å²) in [5.74, 6) is -0.476. The first-order valence-electron chi connectivity index (χ1n) is 5.41. The van der Waals surface area contributed by atoms with E-state index in [1.807, 2.05) is 0 Å². The molecule has 7 nitrogen and oxygen atoms in total. The smallest absolute Gasteiger partial charge is 0.333 e. The Morgan fingerprint density at radius 1 is 1.22 bits per heavy atom. The van der Waals surface area contributed by atoms with Crippen LogP contribution >= 0.6 is 0 Å². The Hall–Kier alpha value is -1.60. The number of carbonyl (C=O) groups is 2. The minimum atomic E-state index is -0.489. The highest BCUT2D eigenvalue weighted by Gasteiger charge is 2.07. The van der Waals surface area contributed by atoms with Gasteiger partial charge in [-0.05, 0) is 6.92 Å². The Morgan fingerprint density at radius 3 is 2.33 bits per heavy atom. The van der Waals surface area contributed by atoms with Crippen molar-refractivity contribution in [2.24, 2.45) is 0 Å². The molecule has 0 aromatic carbocycles. The predicted octanol–water partition coefficient (Wildman–Crippen LogP) is 0.0238. The van der Waals surface area contributed by atoms with E-state index in [0.717, 1.165) is 0 Å². The molecule has 0 fully saturated rings. The van der Waals surface area contributed by atoms with Crippen LogP contribution < -0.4 is 10.6 Å². The number of hydrogen-bond acceptors (Lipinski definition) is 5. The highest BCUT2D eigenvalue weighted by atomic mass is 16.7. The molecule has 0 aliphatic heterocycles. The topological polar surface area (TPSA) is 85.9 Å². The van der Waals surface area contributed by atoms with Crippen molar-refractivity contribution >= 4 is 12.0 Å². The van der Waals surface area contributed by atoms with E-state index in [-0.39, 0.29) is 25.7 Å². The average Bonchev–Trinajstić information content (AvgIpc) is 2.35. The molecule has 0 saturated carbocycles. The SMILES string of the molecule is C=C(C)C(=O)OCCNC(=O)NCC(OC)OC. The standard InChI is InChI=1S/C11H20N2O5/c1-8(2)10(14)18-6-5-12-11(15)13-7-9(16-3)17-4/h9H,1,5-7H2,2-4H3,(H2,12,13,15). The van der Waals surface area contributed by atoms with Crippen LogP contribution in [0.5, 0.6) is 0 Å². The van der Waals surface area contributed by atoms with Crippen molar-refractivity contribution in [3.05, 3.63) is 12.2 Å². The Balaban J connectivity index is 3.59. The van der Waals surface area contributed by atoms with Gasteiger partial charge in [0.2, 0.25) is 0 Å². The number of hydrogen-bond donors (Lipinski definition) is 2. The minimum Gasteiger partial charge on any atom is -0.460 e. The van der Waals surface area contributed by atoms with E-state index in [4.69, 9.17) is 14.2 Å². The second-order valence-corrected chi connectivity index (χ2v) is 3.45. The van der Waals surface area contributed by atoms with E-state index in [9.17, 15) is 9.59 Å². The number of nitrogens with one attached hydrogen (secondary N) is 2. The summed E-state index contributed by atoms with van der Waals surface area (Å²) in [6.45, 7) is 5.53. The summed E-state index contributed by atoms with van der Waals surface area (Å²) in [6.07, 6.45) is -0.489. The van der Waals surface area contributed by atoms with Gasteiger partial charge in [0, 0.05) is 19.8 Å². The fourth-order valence-corrected chi connectivity index (χ4v) is 0.933. The van der Waals surface area contributed by atoms with E-state index in [0.29, 0.717) is 5.57 Å². The van der Waals surface area contributed by atoms with Gasteiger partial charge in [0.1, 0.15) is 6.61 Å². The lowest BCUT2D eigenvalue weighted by molar-refractivity contribution is -0.138. The van der Waals surface area contributed by atoms with Crippen LogP contribution in [0.2, 0.25) is 0 Å². The average molecular weight is 260 g/mol. The molecule has 0 aromatic heterocycles. The van der Waals surface area contributed by atoms with Crippen LogP contribution in [0.4, 0.5) is 4.79 Å². The lowest BCUT2D eigenvalue weighted by Gasteiger charge is -2.14. The minimum absolute atomic E-state index is 0.0943. The molecule has 0 spiro atoms. The highest BCUT2D eigenvalue weighted by Crippen LogP contribution is 1.90.